The van der Waals surface area contributed by atoms with Crippen molar-refractivity contribution in [1.82, 2.24) is 14.8 Å². The summed E-state index contributed by atoms with van der Waals surface area (Å²) in [5.74, 6) is 0.674. The first-order chi connectivity index (χ1) is 9.00. The SMILES string of the molecule is CC(N)C(c1cccnc1)N1CC(C)C(N(C)C)C1. The summed E-state index contributed by atoms with van der Waals surface area (Å²) in [5, 5.41) is 0. The van der Waals surface area contributed by atoms with Gasteiger partial charge in [-0.1, -0.05) is 13.0 Å². The minimum absolute atomic E-state index is 0.109. The van der Waals surface area contributed by atoms with Crippen molar-refractivity contribution in [3.05, 3.63) is 30.1 Å². The van der Waals surface area contributed by atoms with E-state index in [1.54, 1.807) is 0 Å². The molecular weight excluding hydrogens is 236 g/mol. The standard InChI is InChI=1S/C15H26N4/c1-11-9-19(10-14(11)18(3)4)15(12(2)16)13-6-5-7-17-8-13/h5-8,11-12,14-15H,9-10,16H2,1-4H3. The van der Waals surface area contributed by atoms with E-state index < -0.39 is 0 Å². The van der Waals surface area contributed by atoms with Crippen LogP contribution < -0.4 is 5.73 Å². The van der Waals surface area contributed by atoms with Gasteiger partial charge in [0.15, 0.2) is 0 Å². The fraction of sp³-hybridized carbons (Fsp3) is 0.667. The molecule has 1 aliphatic rings. The zero-order valence-corrected chi connectivity index (χ0v) is 12.5. The number of likely N-dealkylation sites (N-methyl/N-ethyl adjacent to an activating group) is 1. The Bertz CT molecular complexity index is 390. The Morgan fingerprint density at radius 2 is 2.16 bits per heavy atom. The monoisotopic (exact) mass is 262 g/mol. The van der Waals surface area contributed by atoms with Crippen molar-refractivity contribution < 1.29 is 0 Å². The van der Waals surface area contributed by atoms with Crippen LogP contribution in [0.3, 0.4) is 0 Å². The van der Waals surface area contributed by atoms with Gasteiger partial charge < -0.3 is 10.6 Å². The average molecular weight is 262 g/mol. The van der Waals surface area contributed by atoms with Crippen molar-refractivity contribution >= 4 is 0 Å². The maximum absolute atomic E-state index is 6.23. The van der Waals surface area contributed by atoms with E-state index in [1.807, 2.05) is 18.5 Å². The molecule has 0 aliphatic carbocycles. The van der Waals surface area contributed by atoms with Gasteiger partial charge in [-0.15, -0.1) is 0 Å². The van der Waals surface area contributed by atoms with Gasteiger partial charge in [-0.2, -0.15) is 0 Å². The van der Waals surface area contributed by atoms with Crippen LogP contribution in [0.25, 0.3) is 0 Å². The van der Waals surface area contributed by atoms with E-state index in [4.69, 9.17) is 5.73 Å². The molecule has 1 aromatic rings. The first-order valence-corrected chi connectivity index (χ1v) is 7.06. The molecule has 19 heavy (non-hydrogen) atoms. The lowest BCUT2D eigenvalue weighted by atomic mass is 10.0. The van der Waals surface area contributed by atoms with E-state index in [2.05, 4.69) is 48.8 Å². The van der Waals surface area contributed by atoms with Crippen LogP contribution in [0.4, 0.5) is 0 Å². The predicted molar refractivity (Wildman–Crippen MR) is 78.8 cm³/mol. The summed E-state index contributed by atoms with van der Waals surface area (Å²) in [7, 11) is 4.32. The highest BCUT2D eigenvalue weighted by atomic mass is 15.3. The molecule has 0 saturated carbocycles. The highest BCUT2D eigenvalue weighted by Gasteiger charge is 2.36. The second-order valence-corrected chi connectivity index (χ2v) is 6.05. The highest BCUT2D eigenvalue weighted by Crippen LogP contribution is 2.30. The molecular formula is C15H26N4. The average Bonchev–Trinajstić information content (AvgIpc) is 2.72. The van der Waals surface area contributed by atoms with E-state index in [-0.39, 0.29) is 12.1 Å². The maximum Gasteiger partial charge on any atom is 0.0512 e. The van der Waals surface area contributed by atoms with Gasteiger partial charge in [0.2, 0.25) is 0 Å². The van der Waals surface area contributed by atoms with Gasteiger partial charge in [-0.25, -0.2) is 0 Å². The number of nitrogens with zero attached hydrogens (tertiary/aromatic N) is 3. The van der Waals surface area contributed by atoms with Crippen LogP contribution in [0.5, 0.6) is 0 Å². The number of pyridine rings is 1. The Labute approximate surface area is 116 Å². The number of hydrogen-bond donors (Lipinski definition) is 1. The summed E-state index contributed by atoms with van der Waals surface area (Å²) in [5.41, 5.74) is 7.46. The van der Waals surface area contributed by atoms with Crippen LogP contribution in [-0.4, -0.2) is 54.1 Å². The summed E-state index contributed by atoms with van der Waals surface area (Å²) in [4.78, 5) is 9.08. The van der Waals surface area contributed by atoms with Gasteiger partial charge in [0.1, 0.15) is 0 Å². The molecule has 1 aliphatic heterocycles. The fourth-order valence-corrected chi connectivity index (χ4v) is 3.28. The maximum atomic E-state index is 6.23. The second kappa shape index (κ2) is 5.99. The Kier molecular flexibility index (Phi) is 4.55. The Morgan fingerprint density at radius 3 is 2.63 bits per heavy atom. The molecule has 106 valence electrons. The molecule has 4 unspecified atom stereocenters. The van der Waals surface area contributed by atoms with Crippen LogP contribution in [0, 0.1) is 5.92 Å². The van der Waals surface area contributed by atoms with Gasteiger partial charge in [-0.05, 0) is 38.6 Å². The zero-order chi connectivity index (χ0) is 14.0. The van der Waals surface area contributed by atoms with Crippen molar-refractivity contribution in [2.24, 2.45) is 11.7 Å². The molecule has 4 nitrogen and oxygen atoms in total. The topological polar surface area (TPSA) is 45.4 Å². The van der Waals surface area contributed by atoms with E-state index in [1.165, 1.54) is 5.56 Å². The van der Waals surface area contributed by atoms with Crippen molar-refractivity contribution in [3.8, 4) is 0 Å². The van der Waals surface area contributed by atoms with Crippen LogP contribution in [0.1, 0.15) is 25.5 Å². The van der Waals surface area contributed by atoms with Gasteiger partial charge >= 0.3 is 0 Å². The molecule has 0 spiro atoms. The minimum Gasteiger partial charge on any atom is -0.326 e. The summed E-state index contributed by atoms with van der Waals surface area (Å²) >= 11 is 0. The van der Waals surface area contributed by atoms with E-state index in [0.717, 1.165) is 13.1 Å². The van der Waals surface area contributed by atoms with E-state index in [9.17, 15) is 0 Å². The molecule has 4 heteroatoms. The first-order valence-electron chi connectivity index (χ1n) is 7.06. The van der Waals surface area contributed by atoms with Crippen LogP contribution in [0.2, 0.25) is 0 Å². The molecule has 0 amide bonds. The largest absolute Gasteiger partial charge is 0.326 e. The van der Waals surface area contributed by atoms with Gasteiger partial charge in [0, 0.05) is 37.6 Å². The Hall–Kier alpha value is -0.970. The number of rotatable bonds is 4. The summed E-state index contributed by atoms with van der Waals surface area (Å²) in [6.07, 6.45) is 3.76. The summed E-state index contributed by atoms with van der Waals surface area (Å²) in [6, 6.07) is 5.11. The number of hydrogen-bond acceptors (Lipinski definition) is 4. The Balaban J connectivity index is 2.18. The third kappa shape index (κ3) is 3.14. The lowest BCUT2D eigenvalue weighted by molar-refractivity contribution is 0.197. The molecule has 2 heterocycles. The van der Waals surface area contributed by atoms with Crippen molar-refractivity contribution in [3.63, 3.8) is 0 Å². The quantitative estimate of drug-likeness (QED) is 0.890. The molecule has 2 rings (SSSR count). The van der Waals surface area contributed by atoms with Crippen molar-refractivity contribution in [2.45, 2.75) is 32.0 Å². The van der Waals surface area contributed by atoms with Crippen LogP contribution in [0.15, 0.2) is 24.5 Å². The number of nitrogens with two attached hydrogens (primary N) is 1. The van der Waals surface area contributed by atoms with Crippen LogP contribution >= 0.6 is 0 Å². The van der Waals surface area contributed by atoms with Gasteiger partial charge in [0.05, 0.1) is 6.04 Å². The highest BCUT2D eigenvalue weighted by molar-refractivity contribution is 5.17. The molecule has 1 fully saturated rings. The van der Waals surface area contributed by atoms with Crippen molar-refractivity contribution in [2.75, 3.05) is 27.2 Å². The molecule has 4 atom stereocenters. The summed E-state index contributed by atoms with van der Waals surface area (Å²) in [6.45, 7) is 6.59. The third-order valence-electron chi connectivity index (χ3n) is 4.18. The molecule has 1 saturated heterocycles. The normalized spacial score (nSPS) is 27.7. The van der Waals surface area contributed by atoms with Gasteiger partial charge in [0.25, 0.3) is 0 Å². The van der Waals surface area contributed by atoms with E-state index in [0.29, 0.717) is 12.0 Å². The molecule has 1 aromatic heterocycles. The molecule has 0 bridgehead atoms. The lowest BCUT2D eigenvalue weighted by Gasteiger charge is -2.31. The predicted octanol–water partition coefficient (Wildman–Crippen LogP) is 1.35. The number of likely N-dealkylation sites (tertiary alicyclic amines) is 1. The fourth-order valence-electron chi connectivity index (χ4n) is 3.28. The lowest BCUT2D eigenvalue weighted by Crippen LogP contribution is -2.40. The molecule has 2 N–H and O–H groups in total. The number of aromatic nitrogens is 1. The summed E-state index contributed by atoms with van der Waals surface area (Å²) < 4.78 is 0. The smallest absolute Gasteiger partial charge is 0.0512 e. The molecule has 0 aromatic carbocycles. The van der Waals surface area contributed by atoms with Gasteiger partial charge in [-0.3, -0.25) is 9.88 Å². The van der Waals surface area contributed by atoms with E-state index >= 15 is 0 Å². The Morgan fingerprint density at radius 1 is 1.42 bits per heavy atom. The molecule has 0 radical (unpaired) electrons. The third-order valence-corrected chi connectivity index (χ3v) is 4.18. The second-order valence-electron chi connectivity index (χ2n) is 6.05. The van der Waals surface area contributed by atoms with Crippen molar-refractivity contribution in [1.29, 1.82) is 0 Å². The van der Waals surface area contributed by atoms with Crippen LogP contribution in [-0.2, 0) is 0 Å². The minimum atomic E-state index is 0.109. The zero-order valence-electron chi connectivity index (χ0n) is 12.5. The first kappa shape index (κ1) is 14.4.